The first-order valence-corrected chi connectivity index (χ1v) is 11.5. The average Bonchev–Trinajstić information content (AvgIpc) is 3.28. The van der Waals surface area contributed by atoms with Crippen molar-refractivity contribution in [1.29, 1.82) is 0 Å². The van der Waals surface area contributed by atoms with Gasteiger partial charge in [-0.2, -0.15) is 0 Å². The minimum absolute atomic E-state index is 0.129. The zero-order valence-corrected chi connectivity index (χ0v) is 19.2. The first-order chi connectivity index (χ1) is 16.1. The summed E-state index contributed by atoms with van der Waals surface area (Å²) in [4.78, 5) is 12.7. The molecule has 2 heterocycles. The van der Waals surface area contributed by atoms with Gasteiger partial charge >= 0.3 is 0 Å². The van der Waals surface area contributed by atoms with Crippen LogP contribution >= 0.6 is 0 Å². The molecule has 0 radical (unpaired) electrons. The molecule has 1 amide bonds. The topological polar surface area (TPSA) is 69.9 Å². The first kappa shape index (κ1) is 21.6. The molecule has 0 unspecified atom stereocenters. The van der Waals surface area contributed by atoms with E-state index < -0.39 is 0 Å². The Morgan fingerprint density at radius 2 is 1.76 bits per heavy atom. The molecule has 0 spiro atoms. The largest absolute Gasteiger partial charge is 0.496 e. The zero-order chi connectivity index (χ0) is 22.9. The summed E-state index contributed by atoms with van der Waals surface area (Å²) in [6.07, 6.45) is 5.79. The standard InChI is InChI=1S/C27H29NO5/c1-16-19(13-14-32-16)27(29)28-18-8-6-7-17(15-18)26-25-23(31-3)12-11-22(30-2)24(25)20-9-4-5-10-21(20)33-26/h6-8,11-15,20-21,26H,4-5,9-10H2,1-3H3,(H,28,29)/t20-,21+,26+/m1/s1. The van der Waals surface area contributed by atoms with Crippen LogP contribution in [0.2, 0.25) is 0 Å². The van der Waals surface area contributed by atoms with Crippen LogP contribution in [0, 0.1) is 6.92 Å². The van der Waals surface area contributed by atoms with Gasteiger partial charge < -0.3 is 23.9 Å². The van der Waals surface area contributed by atoms with Gasteiger partial charge in [0.1, 0.15) is 23.4 Å². The lowest BCUT2D eigenvalue weighted by Crippen LogP contribution is -2.34. The number of methoxy groups -OCH3 is 2. The number of amides is 1. The molecule has 33 heavy (non-hydrogen) atoms. The number of nitrogens with one attached hydrogen (secondary N) is 1. The van der Waals surface area contributed by atoms with E-state index in [1.54, 1.807) is 27.2 Å². The molecular formula is C27H29NO5. The second-order valence-electron chi connectivity index (χ2n) is 8.71. The average molecular weight is 448 g/mol. The predicted molar refractivity (Wildman–Crippen MR) is 125 cm³/mol. The van der Waals surface area contributed by atoms with E-state index in [1.165, 1.54) is 18.2 Å². The quantitative estimate of drug-likeness (QED) is 0.519. The maximum absolute atomic E-state index is 12.7. The molecule has 3 atom stereocenters. The maximum Gasteiger partial charge on any atom is 0.259 e. The summed E-state index contributed by atoms with van der Waals surface area (Å²) in [6, 6.07) is 13.5. The van der Waals surface area contributed by atoms with Gasteiger partial charge in [0.05, 0.1) is 32.2 Å². The number of furan rings is 1. The minimum Gasteiger partial charge on any atom is -0.496 e. The first-order valence-electron chi connectivity index (χ1n) is 11.5. The summed E-state index contributed by atoms with van der Waals surface area (Å²) in [7, 11) is 3.41. The van der Waals surface area contributed by atoms with Crippen molar-refractivity contribution in [1.82, 2.24) is 0 Å². The monoisotopic (exact) mass is 447 g/mol. The van der Waals surface area contributed by atoms with Crippen molar-refractivity contribution in [2.24, 2.45) is 0 Å². The van der Waals surface area contributed by atoms with E-state index >= 15 is 0 Å². The normalized spacial score (nSPS) is 21.6. The second kappa shape index (κ2) is 8.94. The Hall–Kier alpha value is -3.25. The molecule has 6 heteroatoms. The van der Waals surface area contributed by atoms with Gasteiger partial charge in [-0.3, -0.25) is 4.79 Å². The summed E-state index contributed by atoms with van der Waals surface area (Å²) in [5.41, 5.74) is 4.41. The Balaban J connectivity index is 1.55. The molecule has 1 aliphatic heterocycles. The number of benzene rings is 2. The van der Waals surface area contributed by atoms with Crippen LogP contribution in [0.5, 0.6) is 11.5 Å². The van der Waals surface area contributed by atoms with Gasteiger partial charge in [-0.05, 0) is 55.7 Å². The lowest BCUT2D eigenvalue weighted by Gasteiger charge is -2.42. The van der Waals surface area contributed by atoms with Crippen LogP contribution in [0.15, 0.2) is 53.1 Å². The molecule has 0 saturated heterocycles. The van der Waals surface area contributed by atoms with E-state index in [9.17, 15) is 4.79 Å². The highest BCUT2D eigenvalue weighted by Crippen LogP contribution is 2.53. The van der Waals surface area contributed by atoms with Gasteiger partial charge in [0.2, 0.25) is 0 Å². The van der Waals surface area contributed by atoms with Crippen molar-refractivity contribution in [2.75, 3.05) is 19.5 Å². The molecule has 1 saturated carbocycles. The van der Waals surface area contributed by atoms with Crippen LogP contribution in [-0.2, 0) is 4.74 Å². The van der Waals surface area contributed by atoms with Crippen LogP contribution in [-0.4, -0.2) is 26.2 Å². The highest BCUT2D eigenvalue weighted by molar-refractivity contribution is 6.04. The van der Waals surface area contributed by atoms with Crippen LogP contribution in [0.3, 0.4) is 0 Å². The minimum atomic E-state index is -0.308. The summed E-state index contributed by atoms with van der Waals surface area (Å²) in [5, 5.41) is 2.99. The third kappa shape index (κ3) is 3.89. The van der Waals surface area contributed by atoms with E-state index in [4.69, 9.17) is 18.6 Å². The van der Waals surface area contributed by atoms with Crippen LogP contribution < -0.4 is 14.8 Å². The Bertz CT molecular complexity index is 1170. The Labute approximate surface area is 193 Å². The fraction of sp³-hybridized carbons (Fsp3) is 0.370. The molecule has 1 aliphatic carbocycles. The van der Waals surface area contributed by atoms with Crippen LogP contribution in [0.25, 0.3) is 0 Å². The van der Waals surface area contributed by atoms with Gasteiger partial charge in [0.15, 0.2) is 0 Å². The van der Waals surface area contributed by atoms with E-state index in [-0.39, 0.29) is 18.1 Å². The number of ether oxygens (including phenoxy) is 3. The summed E-state index contributed by atoms with van der Waals surface area (Å²) < 4.78 is 23.6. The molecule has 6 nitrogen and oxygen atoms in total. The van der Waals surface area contributed by atoms with Crippen molar-refractivity contribution in [3.8, 4) is 11.5 Å². The van der Waals surface area contributed by atoms with Crippen LogP contribution in [0.1, 0.15) is 70.5 Å². The van der Waals surface area contributed by atoms with E-state index in [1.807, 2.05) is 36.4 Å². The number of fused-ring (bicyclic) bond motifs is 3. The van der Waals surface area contributed by atoms with Gasteiger partial charge in [-0.1, -0.05) is 25.0 Å². The predicted octanol–water partition coefficient (Wildman–Crippen LogP) is 6.00. The highest BCUT2D eigenvalue weighted by atomic mass is 16.5. The smallest absolute Gasteiger partial charge is 0.259 e. The number of carbonyl (C=O) groups excluding carboxylic acids is 1. The number of anilines is 1. The molecule has 172 valence electrons. The Morgan fingerprint density at radius 1 is 1.00 bits per heavy atom. The highest BCUT2D eigenvalue weighted by Gasteiger charge is 2.41. The fourth-order valence-electron chi connectivity index (χ4n) is 5.28. The van der Waals surface area contributed by atoms with E-state index in [0.717, 1.165) is 41.9 Å². The van der Waals surface area contributed by atoms with E-state index in [2.05, 4.69) is 5.32 Å². The van der Waals surface area contributed by atoms with Crippen molar-refractivity contribution < 1.29 is 23.4 Å². The van der Waals surface area contributed by atoms with Crippen molar-refractivity contribution in [3.63, 3.8) is 0 Å². The van der Waals surface area contributed by atoms with Crippen molar-refractivity contribution in [3.05, 3.63) is 76.7 Å². The summed E-state index contributed by atoms with van der Waals surface area (Å²) >= 11 is 0. The maximum atomic E-state index is 12.7. The molecule has 2 aromatic carbocycles. The van der Waals surface area contributed by atoms with Crippen molar-refractivity contribution in [2.45, 2.75) is 50.7 Å². The Morgan fingerprint density at radius 3 is 2.48 bits per heavy atom. The number of rotatable bonds is 5. The van der Waals surface area contributed by atoms with Gasteiger partial charge in [0.25, 0.3) is 5.91 Å². The lowest BCUT2D eigenvalue weighted by atomic mass is 9.75. The van der Waals surface area contributed by atoms with Gasteiger partial charge in [0, 0.05) is 22.7 Å². The molecule has 1 fully saturated rings. The fourth-order valence-corrected chi connectivity index (χ4v) is 5.28. The zero-order valence-electron chi connectivity index (χ0n) is 19.2. The molecule has 1 aromatic heterocycles. The molecule has 2 aliphatic rings. The SMILES string of the molecule is COc1ccc(OC)c2c1[C@H](c1cccc(NC(=O)c3ccoc3C)c1)O[C@H]1CCCC[C@@H]21. The van der Waals surface area contributed by atoms with Crippen LogP contribution in [0.4, 0.5) is 5.69 Å². The summed E-state index contributed by atoms with van der Waals surface area (Å²) in [6.45, 7) is 1.78. The molecule has 5 rings (SSSR count). The number of aryl methyl sites for hydroxylation is 1. The number of hydrogen-bond donors (Lipinski definition) is 1. The second-order valence-corrected chi connectivity index (χ2v) is 8.71. The number of hydrogen-bond acceptors (Lipinski definition) is 5. The lowest BCUT2D eigenvalue weighted by molar-refractivity contribution is -0.0406. The van der Waals surface area contributed by atoms with Gasteiger partial charge in [-0.25, -0.2) is 0 Å². The summed E-state index contributed by atoms with van der Waals surface area (Å²) in [5.74, 6) is 2.37. The third-order valence-electron chi connectivity index (χ3n) is 6.84. The molecule has 1 N–H and O–H groups in total. The third-order valence-corrected chi connectivity index (χ3v) is 6.84. The molecule has 0 bridgehead atoms. The van der Waals surface area contributed by atoms with Gasteiger partial charge in [-0.15, -0.1) is 0 Å². The van der Waals surface area contributed by atoms with E-state index in [0.29, 0.717) is 22.9 Å². The number of carbonyl (C=O) groups is 1. The Kier molecular flexibility index (Phi) is 5.85. The molecule has 3 aromatic rings. The molecular weight excluding hydrogens is 418 g/mol. The van der Waals surface area contributed by atoms with Crippen molar-refractivity contribution >= 4 is 11.6 Å².